The summed E-state index contributed by atoms with van der Waals surface area (Å²) in [5.74, 6) is -0.729. The van der Waals surface area contributed by atoms with Crippen molar-refractivity contribution in [3.8, 4) is 0 Å². The highest BCUT2D eigenvalue weighted by molar-refractivity contribution is 6.00. The second-order valence-electron chi connectivity index (χ2n) is 8.72. The van der Waals surface area contributed by atoms with Gasteiger partial charge in [0.05, 0.1) is 24.0 Å². The molecule has 1 fully saturated rings. The van der Waals surface area contributed by atoms with E-state index in [1.807, 2.05) is 57.2 Å². The summed E-state index contributed by atoms with van der Waals surface area (Å²) in [7, 11) is 0. The van der Waals surface area contributed by atoms with Crippen molar-refractivity contribution in [3.05, 3.63) is 75.9 Å². The summed E-state index contributed by atoms with van der Waals surface area (Å²) >= 11 is 0. The number of hydrogen-bond acceptors (Lipinski definition) is 5. The number of ether oxygens (including phenoxy) is 2. The minimum Gasteiger partial charge on any atom is -0.454 e. The van der Waals surface area contributed by atoms with Gasteiger partial charge in [-0.15, -0.1) is 0 Å². The van der Waals surface area contributed by atoms with E-state index in [0.29, 0.717) is 23.4 Å². The first-order chi connectivity index (χ1) is 15.8. The summed E-state index contributed by atoms with van der Waals surface area (Å²) < 4.78 is 15.1. The second-order valence-corrected chi connectivity index (χ2v) is 8.72. The summed E-state index contributed by atoms with van der Waals surface area (Å²) in [6.07, 6.45) is 2.30. The summed E-state index contributed by atoms with van der Waals surface area (Å²) in [4.78, 5) is 25.7. The third kappa shape index (κ3) is 4.93. The van der Waals surface area contributed by atoms with Gasteiger partial charge in [-0.3, -0.25) is 9.48 Å². The van der Waals surface area contributed by atoms with Gasteiger partial charge in [-0.1, -0.05) is 30.3 Å². The van der Waals surface area contributed by atoms with Crippen molar-refractivity contribution in [2.75, 3.05) is 13.2 Å². The van der Waals surface area contributed by atoms with Crippen LogP contribution in [0.15, 0.2) is 36.4 Å². The number of aryl methyl sites for hydroxylation is 2. The van der Waals surface area contributed by atoms with Crippen molar-refractivity contribution in [1.29, 1.82) is 0 Å². The fourth-order valence-corrected chi connectivity index (χ4v) is 4.54. The molecule has 1 aliphatic heterocycles. The third-order valence-electron chi connectivity index (χ3n) is 6.38. The molecule has 3 aromatic rings. The van der Waals surface area contributed by atoms with Gasteiger partial charge in [-0.2, -0.15) is 5.10 Å². The number of carbonyl (C=O) groups excluding carboxylic acids is 2. The van der Waals surface area contributed by atoms with Crippen molar-refractivity contribution in [2.24, 2.45) is 0 Å². The van der Waals surface area contributed by atoms with Crippen LogP contribution in [0.2, 0.25) is 0 Å². The lowest BCUT2D eigenvalue weighted by Crippen LogP contribution is -2.18. The van der Waals surface area contributed by atoms with Gasteiger partial charge in [-0.05, 0) is 52.2 Å². The molecule has 1 atom stereocenters. The minimum atomic E-state index is -0.522. The normalized spacial score (nSPS) is 15.7. The standard InChI is InChI=1S/C26H31N3O4/c1-17-13-23(19(3)28(17)15-22-11-8-12-32-22)24(30)16-33-26(31)25-18(2)27-29(20(25)4)14-21-9-6-5-7-10-21/h5-7,9-10,13,22H,8,11-12,14-16H2,1-4H3/t22-/m1/s1. The molecule has 174 valence electrons. The van der Waals surface area contributed by atoms with Gasteiger partial charge in [0.25, 0.3) is 0 Å². The van der Waals surface area contributed by atoms with Crippen LogP contribution in [0.4, 0.5) is 0 Å². The minimum absolute atomic E-state index is 0.189. The van der Waals surface area contributed by atoms with Gasteiger partial charge in [0.2, 0.25) is 5.78 Å². The summed E-state index contributed by atoms with van der Waals surface area (Å²) in [6, 6.07) is 11.8. The average Bonchev–Trinajstić information content (AvgIpc) is 3.48. The maximum Gasteiger partial charge on any atom is 0.342 e. The molecule has 7 heteroatoms. The van der Waals surface area contributed by atoms with E-state index in [9.17, 15) is 9.59 Å². The molecule has 7 nitrogen and oxygen atoms in total. The molecule has 1 saturated heterocycles. The molecule has 0 saturated carbocycles. The van der Waals surface area contributed by atoms with E-state index in [-0.39, 0.29) is 18.5 Å². The van der Waals surface area contributed by atoms with Gasteiger partial charge in [0.1, 0.15) is 5.56 Å². The Bertz CT molecular complexity index is 1150. The molecule has 1 aliphatic rings. The number of aromatic nitrogens is 3. The van der Waals surface area contributed by atoms with Crippen LogP contribution in [0.25, 0.3) is 0 Å². The van der Waals surface area contributed by atoms with Crippen LogP contribution in [0.3, 0.4) is 0 Å². The summed E-state index contributed by atoms with van der Waals surface area (Å²) in [5, 5.41) is 4.51. The number of Topliss-reactive ketones (excluding diaryl/α,β-unsaturated/α-hetero) is 1. The molecule has 0 aliphatic carbocycles. The van der Waals surface area contributed by atoms with Crippen molar-refractivity contribution in [3.63, 3.8) is 0 Å². The molecule has 4 rings (SSSR count). The molecule has 0 amide bonds. The van der Waals surface area contributed by atoms with Crippen LogP contribution < -0.4 is 0 Å². The first-order valence-electron chi connectivity index (χ1n) is 11.4. The number of rotatable bonds is 8. The Hall–Kier alpha value is -3.19. The fourth-order valence-electron chi connectivity index (χ4n) is 4.54. The molecule has 3 heterocycles. The summed E-state index contributed by atoms with van der Waals surface area (Å²) in [5.41, 5.74) is 5.31. The highest BCUT2D eigenvalue weighted by Gasteiger charge is 2.24. The van der Waals surface area contributed by atoms with Crippen LogP contribution in [0.5, 0.6) is 0 Å². The number of esters is 1. The van der Waals surface area contributed by atoms with Gasteiger partial charge in [0, 0.05) is 30.1 Å². The molecule has 0 radical (unpaired) electrons. The lowest BCUT2D eigenvalue weighted by atomic mass is 10.1. The second kappa shape index (κ2) is 9.75. The molecule has 0 unspecified atom stereocenters. The zero-order valence-corrected chi connectivity index (χ0v) is 19.8. The SMILES string of the molecule is Cc1nn(Cc2ccccc2)c(C)c1C(=O)OCC(=O)c1cc(C)n(C[C@H]2CCCO2)c1C. The first-order valence-corrected chi connectivity index (χ1v) is 11.4. The topological polar surface area (TPSA) is 75.4 Å². The van der Waals surface area contributed by atoms with Crippen LogP contribution in [0.1, 0.15) is 61.9 Å². The molecule has 0 spiro atoms. The first kappa shape index (κ1) is 23.0. The maximum absolute atomic E-state index is 12.9. The largest absolute Gasteiger partial charge is 0.454 e. The molecular formula is C26H31N3O4. The van der Waals surface area contributed by atoms with E-state index in [2.05, 4.69) is 9.67 Å². The highest BCUT2D eigenvalue weighted by Crippen LogP contribution is 2.21. The Morgan fingerprint density at radius 1 is 1.12 bits per heavy atom. The maximum atomic E-state index is 12.9. The predicted octanol–water partition coefficient (Wildman–Crippen LogP) is 4.19. The summed E-state index contributed by atoms with van der Waals surface area (Å²) in [6.45, 7) is 9.35. The van der Waals surface area contributed by atoms with Gasteiger partial charge >= 0.3 is 5.97 Å². The van der Waals surface area contributed by atoms with Crippen molar-refractivity contribution in [1.82, 2.24) is 14.3 Å². The lowest BCUT2D eigenvalue weighted by molar-refractivity contribution is 0.0473. The number of ketones is 1. The molecule has 0 bridgehead atoms. The van der Waals surface area contributed by atoms with Gasteiger partial charge in [-0.25, -0.2) is 4.79 Å². The van der Waals surface area contributed by atoms with Crippen LogP contribution in [0, 0.1) is 27.7 Å². The number of hydrogen-bond donors (Lipinski definition) is 0. The van der Waals surface area contributed by atoms with E-state index in [1.165, 1.54) is 0 Å². The van der Waals surface area contributed by atoms with Crippen molar-refractivity contribution >= 4 is 11.8 Å². The van der Waals surface area contributed by atoms with Crippen molar-refractivity contribution in [2.45, 2.75) is 59.7 Å². The predicted molar refractivity (Wildman–Crippen MR) is 125 cm³/mol. The Morgan fingerprint density at radius 3 is 2.58 bits per heavy atom. The Morgan fingerprint density at radius 2 is 1.88 bits per heavy atom. The van der Waals surface area contributed by atoms with E-state index >= 15 is 0 Å². The molecule has 1 aromatic carbocycles. The van der Waals surface area contributed by atoms with Crippen LogP contribution in [-0.4, -0.2) is 45.4 Å². The molecule has 33 heavy (non-hydrogen) atoms. The highest BCUT2D eigenvalue weighted by atomic mass is 16.5. The smallest absolute Gasteiger partial charge is 0.342 e. The molecular weight excluding hydrogens is 418 g/mol. The zero-order valence-electron chi connectivity index (χ0n) is 19.8. The van der Waals surface area contributed by atoms with E-state index < -0.39 is 5.97 Å². The van der Waals surface area contributed by atoms with E-state index in [4.69, 9.17) is 9.47 Å². The van der Waals surface area contributed by atoms with E-state index in [1.54, 1.807) is 11.6 Å². The fraction of sp³-hybridized carbons (Fsp3) is 0.423. The van der Waals surface area contributed by atoms with Crippen LogP contribution in [-0.2, 0) is 22.6 Å². The van der Waals surface area contributed by atoms with Crippen molar-refractivity contribution < 1.29 is 19.1 Å². The number of carbonyl (C=O) groups is 2. The third-order valence-corrected chi connectivity index (χ3v) is 6.38. The monoisotopic (exact) mass is 449 g/mol. The number of nitrogens with zero attached hydrogens (tertiary/aromatic N) is 3. The average molecular weight is 450 g/mol. The Kier molecular flexibility index (Phi) is 6.79. The molecule has 2 aromatic heterocycles. The van der Waals surface area contributed by atoms with Gasteiger partial charge in [0.15, 0.2) is 6.61 Å². The molecule has 0 N–H and O–H groups in total. The lowest BCUT2D eigenvalue weighted by Gasteiger charge is -2.14. The quantitative estimate of drug-likeness (QED) is 0.381. The Balaban J connectivity index is 1.42. The van der Waals surface area contributed by atoms with Gasteiger partial charge < -0.3 is 14.0 Å². The Labute approximate surface area is 194 Å². The van der Waals surface area contributed by atoms with Crippen LogP contribution >= 0.6 is 0 Å². The van der Waals surface area contributed by atoms with E-state index in [0.717, 1.165) is 48.6 Å². The number of benzene rings is 1. The zero-order chi connectivity index (χ0) is 23.5.